The van der Waals surface area contributed by atoms with Crippen molar-refractivity contribution in [3.05, 3.63) is 54.1 Å². The van der Waals surface area contributed by atoms with E-state index in [4.69, 9.17) is 4.74 Å². The van der Waals surface area contributed by atoms with Crippen LogP contribution in [0.5, 0.6) is 0 Å². The first-order chi connectivity index (χ1) is 17.8. The molecule has 3 aromatic rings. The lowest BCUT2D eigenvalue weighted by Crippen LogP contribution is -2.46. The Morgan fingerprint density at radius 1 is 1.00 bits per heavy atom. The maximum absolute atomic E-state index is 12.7. The molecular weight excluding hydrogens is 488 g/mol. The molecule has 1 aliphatic heterocycles. The molecule has 1 fully saturated rings. The number of ether oxygens (including phenoxy) is 1. The van der Waals surface area contributed by atoms with Gasteiger partial charge in [-0.15, -0.1) is 0 Å². The van der Waals surface area contributed by atoms with Gasteiger partial charge >= 0.3 is 6.09 Å². The number of hydrazine groups is 1. The summed E-state index contributed by atoms with van der Waals surface area (Å²) in [5, 5.41) is 5.51. The minimum atomic E-state index is -0.607. The average Bonchev–Trinajstić information content (AvgIpc) is 3.31. The van der Waals surface area contributed by atoms with Crippen LogP contribution in [0.25, 0.3) is 10.9 Å². The van der Waals surface area contributed by atoms with Crippen molar-refractivity contribution >= 4 is 45.1 Å². The number of aromatic nitrogens is 1. The van der Waals surface area contributed by atoms with Crippen LogP contribution in [0, 0.1) is 0 Å². The number of piperazine rings is 1. The first-order valence-electron chi connectivity index (χ1n) is 12.7. The van der Waals surface area contributed by atoms with Gasteiger partial charge in [-0.1, -0.05) is 24.3 Å². The van der Waals surface area contributed by atoms with Crippen LogP contribution in [-0.2, 0) is 4.74 Å². The van der Waals surface area contributed by atoms with Crippen molar-refractivity contribution in [2.45, 2.75) is 39.2 Å². The minimum absolute atomic E-state index is 0.181. The molecule has 3 N–H and O–H groups in total. The highest BCUT2D eigenvalue weighted by Gasteiger charge is 2.20. The lowest BCUT2D eigenvalue weighted by atomic mass is 10.1. The number of unbranched alkanes of at least 4 members (excludes halogenated alkanes) is 1. The van der Waals surface area contributed by atoms with Crippen LogP contribution in [0.15, 0.2) is 48.5 Å². The molecule has 0 unspecified atom stereocenters. The number of fused-ring (bicyclic) bond motifs is 1. The number of amides is 2. The second-order valence-corrected chi connectivity index (χ2v) is 10.8. The topological polar surface area (TPSA) is 98.8 Å². The molecule has 0 atom stereocenters. The van der Waals surface area contributed by atoms with Gasteiger partial charge in [-0.25, -0.2) is 10.2 Å². The van der Waals surface area contributed by atoms with Crippen molar-refractivity contribution in [1.82, 2.24) is 20.0 Å². The summed E-state index contributed by atoms with van der Waals surface area (Å²) in [6.45, 7) is 11.1. The number of hydrogen-bond donors (Lipinski definition) is 3. The standard InChI is InChI=1S/C27H36N6O3S/c1-27(2,3)36-26(35)30-29-22-12-6-4-10-20(22)24(34)28-14-8-9-15-32-16-18-33(19-17-32)25-21-11-5-7-13-23(21)31-37-25/h4-7,10-13,29H,8-9,14-19H2,1-3H3,(H,28,34)(H,30,35). The normalized spacial score (nSPS) is 14.4. The number of rotatable bonds is 9. The monoisotopic (exact) mass is 524 g/mol. The van der Waals surface area contributed by atoms with Crippen molar-refractivity contribution in [3.63, 3.8) is 0 Å². The number of nitrogens with zero attached hydrogens (tertiary/aromatic N) is 3. The second-order valence-electron chi connectivity index (χ2n) is 10.1. The van der Waals surface area contributed by atoms with Gasteiger partial charge in [-0.05, 0) is 76.0 Å². The smallest absolute Gasteiger partial charge is 0.426 e. The molecule has 0 bridgehead atoms. The van der Waals surface area contributed by atoms with Gasteiger partial charge in [0.1, 0.15) is 10.6 Å². The van der Waals surface area contributed by atoms with Crippen molar-refractivity contribution in [1.29, 1.82) is 0 Å². The predicted octanol–water partition coefficient (Wildman–Crippen LogP) is 4.48. The highest BCUT2D eigenvalue weighted by atomic mass is 32.1. The molecule has 2 amide bonds. The SMILES string of the molecule is CC(C)(C)OC(=O)NNc1ccccc1C(=O)NCCCCN1CCN(c2snc3ccccc23)CC1. The highest BCUT2D eigenvalue weighted by molar-refractivity contribution is 7.11. The molecule has 1 aliphatic rings. The first kappa shape index (κ1) is 26.7. The van der Waals surface area contributed by atoms with E-state index in [1.165, 1.54) is 10.4 Å². The zero-order chi connectivity index (χ0) is 26.3. The molecular formula is C27H36N6O3S. The van der Waals surface area contributed by atoms with E-state index in [9.17, 15) is 9.59 Å². The summed E-state index contributed by atoms with van der Waals surface area (Å²) < 4.78 is 9.80. The molecule has 1 aromatic heterocycles. The molecule has 4 rings (SSSR count). The van der Waals surface area contributed by atoms with E-state index in [1.54, 1.807) is 56.6 Å². The molecule has 1 saturated heterocycles. The quantitative estimate of drug-likeness (QED) is 0.280. The highest BCUT2D eigenvalue weighted by Crippen LogP contribution is 2.31. The van der Waals surface area contributed by atoms with Gasteiger partial charge in [-0.2, -0.15) is 4.37 Å². The van der Waals surface area contributed by atoms with Crippen LogP contribution in [0.4, 0.5) is 15.5 Å². The molecule has 2 aromatic carbocycles. The molecule has 0 saturated carbocycles. The van der Waals surface area contributed by atoms with E-state index in [0.717, 1.165) is 51.1 Å². The van der Waals surface area contributed by atoms with Crippen molar-refractivity contribution in [2.75, 3.05) is 49.6 Å². The molecule has 0 aliphatic carbocycles. The van der Waals surface area contributed by atoms with Crippen molar-refractivity contribution in [2.24, 2.45) is 0 Å². The Morgan fingerprint density at radius 2 is 1.73 bits per heavy atom. The summed E-state index contributed by atoms with van der Waals surface area (Å²) in [4.78, 5) is 29.6. The van der Waals surface area contributed by atoms with Crippen LogP contribution in [0.3, 0.4) is 0 Å². The number of carbonyl (C=O) groups excluding carboxylic acids is 2. The number of hydrogen-bond acceptors (Lipinski definition) is 8. The third kappa shape index (κ3) is 7.56. The molecule has 198 valence electrons. The molecule has 2 heterocycles. The van der Waals surface area contributed by atoms with Crippen LogP contribution >= 0.6 is 11.5 Å². The van der Waals surface area contributed by atoms with E-state index < -0.39 is 11.7 Å². The van der Waals surface area contributed by atoms with Crippen molar-refractivity contribution < 1.29 is 14.3 Å². The zero-order valence-corrected chi connectivity index (χ0v) is 22.6. The van der Waals surface area contributed by atoms with Crippen molar-refractivity contribution in [3.8, 4) is 0 Å². The Kier molecular flexibility index (Phi) is 8.83. The Balaban J connectivity index is 1.15. The summed E-state index contributed by atoms with van der Waals surface area (Å²) in [5.41, 5.74) is 6.71. The molecule has 9 nitrogen and oxygen atoms in total. The van der Waals surface area contributed by atoms with Gasteiger partial charge in [-0.3, -0.25) is 15.1 Å². The van der Waals surface area contributed by atoms with E-state index in [-0.39, 0.29) is 5.91 Å². The van der Waals surface area contributed by atoms with Gasteiger partial charge in [0.05, 0.1) is 16.8 Å². The first-order valence-corrected chi connectivity index (χ1v) is 13.5. The van der Waals surface area contributed by atoms with Gasteiger partial charge in [0.15, 0.2) is 0 Å². The van der Waals surface area contributed by atoms with Crippen LogP contribution in [-0.4, -0.2) is 66.1 Å². The van der Waals surface area contributed by atoms with E-state index >= 15 is 0 Å². The number of nitrogens with one attached hydrogen (secondary N) is 3. The minimum Gasteiger partial charge on any atom is -0.443 e. The van der Waals surface area contributed by atoms with Crippen LogP contribution in [0.1, 0.15) is 44.0 Å². The summed E-state index contributed by atoms with van der Waals surface area (Å²) in [6.07, 6.45) is 1.31. The molecule has 0 radical (unpaired) electrons. The van der Waals surface area contributed by atoms with E-state index in [1.807, 2.05) is 6.07 Å². The Bertz CT molecular complexity index is 1200. The molecule has 10 heteroatoms. The van der Waals surface area contributed by atoms with Gasteiger partial charge < -0.3 is 15.0 Å². The lowest BCUT2D eigenvalue weighted by molar-refractivity contribution is 0.0540. The fraction of sp³-hybridized carbons (Fsp3) is 0.444. The lowest BCUT2D eigenvalue weighted by Gasteiger charge is -2.35. The van der Waals surface area contributed by atoms with E-state index in [2.05, 4.69) is 48.5 Å². The average molecular weight is 525 g/mol. The van der Waals surface area contributed by atoms with Crippen LogP contribution in [0.2, 0.25) is 0 Å². The second kappa shape index (κ2) is 12.2. The molecule has 0 spiro atoms. The largest absolute Gasteiger partial charge is 0.443 e. The third-order valence-electron chi connectivity index (χ3n) is 6.08. The number of anilines is 2. The zero-order valence-electron chi connectivity index (χ0n) is 21.8. The third-order valence-corrected chi connectivity index (χ3v) is 7.02. The fourth-order valence-corrected chi connectivity index (χ4v) is 5.16. The fourth-order valence-electron chi connectivity index (χ4n) is 4.25. The van der Waals surface area contributed by atoms with Gasteiger partial charge in [0, 0.05) is 38.1 Å². The molecule has 37 heavy (non-hydrogen) atoms. The maximum Gasteiger partial charge on any atom is 0.426 e. The predicted molar refractivity (Wildman–Crippen MR) is 149 cm³/mol. The Hall–Kier alpha value is -3.37. The number of carbonyl (C=O) groups is 2. The number of para-hydroxylation sites is 1. The van der Waals surface area contributed by atoms with Gasteiger partial charge in [0.2, 0.25) is 0 Å². The summed E-state index contributed by atoms with van der Waals surface area (Å²) >= 11 is 1.59. The van der Waals surface area contributed by atoms with Gasteiger partial charge in [0.25, 0.3) is 5.91 Å². The van der Waals surface area contributed by atoms with E-state index in [0.29, 0.717) is 17.8 Å². The summed E-state index contributed by atoms with van der Waals surface area (Å²) in [5.74, 6) is -0.181. The van der Waals surface area contributed by atoms with Crippen LogP contribution < -0.4 is 21.1 Å². The number of benzene rings is 2. The maximum atomic E-state index is 12.7. The summed E-state index contributed by atoms with van der Waals surface area (Å²) in [6, 6.07) is 15.4. The Labute approximate surface area is 222 Å². The Morgan fingerprint density at radius 3 is 2.51 bits per heavy atom. The summed E-state index contributed by atoms with van der Waals surface area (Å²) in [7, 11) is 0.